The molecule has 0 bridgehead atoms. The number of esters is 2. The number of allylic oxidation sites excluding steroid dienone is 1. The third-order valence-electron chi connectivity index (χ3n) is 4.45. The second-order valence-electron chi connectivity index (χ2n) is 6.18. The van der Waals surface area contributed by atoms with E-state index in [-0.39, 0.29) is 37.5 Å². The minimum Gasteiger partial charge on any atom is -0.458 e. The number of carbonyl (C=O) groups excluding carboxylic acids is 2. The molecular formula is C18H25NO6. The molecule has 0 radical (unpaired) electrons. The van der Waals surface area contributed by atoms with E-state index in [1.54, 1.807) is 13.8 Å². The predicted molar refractivity (Wildman–Crippen MR) is 90.6 cm³/mol. The van der Waals surface area contributed by atoms with Gasteiger partial charge in [-0.2, -0.15) is 0 Å². The van der Waals surface area contributed by atoms with Gasteiger partial charge in [0.25, 0.3) is 0 Å². The van der Waals surface area contributed by atoms with Crippen LogP contribution in [0.25, 0.3) is 0 Å². The highest BCUT2D eigenvalue weighted by Gasteiger charge is 2.41. The molecule has 0 aromatic rings. The van der Waals surface area contributed by atoms with Crippen molar-refractivity contribution in [3.05, 3.63) is 34.9 Å². The average Bonchev–Trinajstić information content (AvgIpc) is 3.17. The maximum atomic E-state index is 11.9. The van der Waals surface area contributed by atoms with E-state index in [0.717, 1.165) is 18.7 Å². The van der Waals surface area contributed by atoms with Crippen LogP contribution in [0.5, 0.6) is 0 Å². The highest BCUT2D eigenvalue weighted by Crippen LogP contribution is 2.31. The Morgan fingerprint density at radius 1 is 1.36 bits per heavy atom. The predicted octanol–water partition coefficient (Wildman–Crippen LogP) is 0.333. The van der Waals surface area contributed by atoms with Crippen molar-refractivity contribution < 1.29 is 29.3 Å². The second kappa shape index (κ2) is 8.94. The van der Waals surface area contributed by atoms with Gasteiger partial charge in [-0.25, -0.2) is 9.59 Å². The van der Waals surface area contributed by atoms with Crippen molar-refractivity contribution in [2.75, 3.05) is 32.9 Å². The van der Waals surface area contributed by atoms with E-state index >= 15 is 0 Å². The Balaban J connectivity index is 1.96. The van der Waals surface area contributed by atoms with Crippen LogP contribution in [0.15, 0.2) is 34.9 Å². The average molecular weight is 351 g/mol. The SMILES string of the molecule is CC=C(CO)C(=O)OCC1=CCN2CCC(OC(=O)C=C(C)CO)C12. The summed E-state index contributed by atoms with van der Waals surface area (Å²) in [6.07, 6.45) is 5.21. The lowest BCUT2D eigenvalue weighted by molar-refractivity contribution is -0.144. The quantitative estimate of drug-likeness (QED) is 0.388. The molecule has 0 aromatic carbocycles. The van der Waals surface area contributed by atoms with Crippen LogP contribution < -0.4 is 0 Å². The Bertz CT molecular complexity index is 607. The summed E-state index contributed by atoms with van der Waals surface area (Å²) < 4.78 is 10.8. The summed E-state index contributed by atoms with van der Waals surface area (Å²) in [7, 11) is 0. The van der Waals surface area contributed by atoms with Crippen LogP contribution in [0, 0.1) is 0 Å². The van der Waals surface area contributed by atoms with Gasteiger partial charge >= 0.3 is 11.9 Å². The molecule has 25 heavy (non-hydrogen) atoms. The Morgan fingerprint density at radius 3 is 2.76 bits per heavy atom. The van der Waals surface area contributed by atoms with E-state index in [1.165, 1.54) is 12.2 Å². The molecule has 138 valence electrons. The summed E-state index contributed by atoms with van der Waals surface area (Å²) in [6.45, 7) is 4.41. The van der Waals surface area contributed by atoms with Gasteiger partial charge in [0.15, 0.2) is 0 Å². The molecule has 0 saturated carbocycles. The number of hydrogen-bond acceptors (Lipinski definition) is 7. The summed E-state index contributed by atoms with van der Waals surface area (Å²) >= 11 is 0. The number of ether oxygens (including phenoxy) is 2. The molecular weight excluding hydrogens is 326 g/mol. The Morgan fingerprint density at radius 2 is 2.12 bits per heavy atom. The van der Waals surface area contributed by atoms with Crippen LogP contribution in [-0.4, -0.2) is 72.1 Å². The molecule has 2 N–H and O–H groups in total. The van der Waals surface area contributed by atoms with Crippen LogP contribution in [0.3, 0.4) is 0 Å². The van der Waals surface area contributed by atoms with Gasteiger partial charge < -0.3 is 19.7 Å². The van der Waals surface area contributed by atoms with Crippen molar-refractivity contribution in [2.45, 2.75) is 32.4 Å². The highest BCUT2D eigenvalue weighted by atomic mass is 16.5. The van der Waals surface area contributed by atoms with Crippen LogP contribution in [-0.2, 0) is 19.1 Å². The van der Waals surface area contributed by atoms with E-state index in [9.17, 15) is 9.59 Å². The van der Waals surface area contributed by atoms with Gasteiger partial charge in [0.2, 0.25) is 0 Å². The normalized spacial score (nSPS) is 24.1. The number of aliphatic hydroxyl groups excluding tert-OH is 2. The lowest BCUT2D eigenvalue weighted by Gasteiger charge is -2.23. The lowest BCUT2D eigenvalue weighted by atomic mass is 10.1. The molecule has 0 aliphatic carbocycles. The van der Waals surface area contributed by atoms with Gasteiger partial charge in [-0.3, -0.25) is 4.90 Å². The third kappa shape index (κ3) is 4.78. The van der Waals surface area contributed by atoms with E-state index in [0.29, 0.717) is 12.0 Å². The molecule has 1 fully saturated rings. The Kier molecular flexibility index (Phi) is 6.92. The summed E-state index contributed by atoms with van der Waals surface area (Å²) in [5.74, 6) is -1.02. The molecule has 7 nitrogen and oxygen atoms in total. The molecule has 7 heteroatoms. The van der Waals surface area contributed by atoms with Crippen molar-refractivity contribution in [2.24, 2.45) is 0 Å². The van der Waals surface area contributed by atoms with Gasteiger partial charge in [-0.1, -0.05) is 12.2 Å². The molecule has 2 unspecified atom stereocenters. The highest BCUT2D eigenvalue weighted by molar-refractivity contribution is 5.88. The standard InChI is InChI=1S/C18H25NO6/c1-3-13(10-21)18(23)24-11-14-4-6-19-7-5-15(17(14)19)25-16(22)8-12(2)9-20/h3-4,8,15,17,20-21H,5-7,9-11H2,1-2H3. The van der Waals surface area contributed by atoms with Crippen molar-refractivity contribution in [1.29, 1.82) is 0 Å². The van der Waals surface area contributed by atoms with Crippen LogP contribution in [0.4, 0.5) is 0 Å². The largest absolute Gasteiger partial charge is 0.458 e. The van der Waals surface area contributed by atoms with Crippen LogP contribution in [0.2, 0.25) is 0 Å². The fourth-order valence-electron chi connectivity index (χ4n) is 3.07. The van der Waals surface area contributed by atoms with Crippen LogP contribution in [0.1, 0.15) is 20.3 Å². The molecule has 2 rings (SSSR count). The van der Waals surface area contributed by atoms with Crippen molar-refractivity contribution in [3.63, 3.8) is 0 Å². The zero-order valence-corrected chi connectivity index (χ0v) is 14.6. The van der Waals surface area contributed by atoms with Gasteiger partial charge in [0.1, 0.15) is 12.7 Å². The molecule has 2 heterocycles. The molecule has 1 saturated heterocycles. The minimum absolute atomic E-state index is 0.0947. The first-order valence-corrected chi connectivity index (χ1v) is 8.35. The number of rotatable bonds is 7. The van der Waals surface area contributed by atoms with Gasteiger partial charge in [0.05, 0.1) is 24.8 Å². The summed E-state index contributed by atoms with van der Waals surface area (Å²) in [5.41, 5.74) is 1.66. The van der Waals surface area contributed by atoms with E-state index in [1.807, 2.05) is 6.08 Å². The zero-order valence-electron chi connectivity index (χ0n) is 14.6. The van der Waals surface area contributed by atoms with Gasteiger partial charge in [-0.15, -0.1) is 0 Å². The topological polar surface area (TPSA) is 96.3 Å². The van der Waals surface area contributed by atoms with Crippen molar-refractivity contribution >= 4 is 11.9 Å². The molecule has 2 aliphatic rings. The lowest BCUT2D eigenvalue weighted by Crippen LogP contribution is -2.36. The summed E-state index contributed by atoms with van der Waals surface area (Å²) in [4.78, 5) is 26.0. The minimum atomic E-state index is -0.544. The van der Waals surface area contributed by atoms with Gasteiger partial charge in [-0.05, 0) is 31.4 Å². The fraction of sp³-hybridized carbons (Fsp3) is 0.556. The van der Waals surface area contributed by atoms with E-state index < -0.39 is 11.9 Å². The first kappa shape index (κ1) is 19.4. The van der Waals surface area contributed by atoms with E-state index in [2.05, 4.69) is 4.90 Å². The number of nitrogens with zero attached hydrogens (tertiary/aromatic N) is 1. The molecule has 0 spiro atoms. The van der Waals surface area contributed by atoms with Crippen LogP contribution >= 0.6 is 0 Å². The number of hydrogen-bond donors (Lipinski definition) is 2. The Labute approximate surface area is 147 Å². The first-order chi connectivity index (χ1) is 12.0. The summed E-state index contributed by atoms with van der Waals surface area (Å²) in [5, 5.41) is 18.1. The molecule has 2 atom stereocenters. The molecule has 0 aromatic heterocycles. The smallest absolute Gasteiger partial charge is 0.336 e. The van der Waals surface area contributed by atoms with E-state index in [4.69, 9.17) is 19.7 Å². The maximum absolute atomic E-state index is 11.9. The second-order valence-corrected chi connectivity index (χ2v) is 6.18. The number of aliphatic hydroxyl groups is 2. The number of carbonyl (C=O) groups is 2. The van der Waals surface area contributed by atoms with Crippen molar-refractivity contribution in [1.82, 2.24) is 4.90 Å². The summed E-state index contributed by atoms with van der Waals surface area (Å²) in [6, 6.07) is -0.0947. The van der Waals surface area contributed by atoms with Gasteiger partial charge in [0, 0.05) is 19.2 Å². The van der Waals surface area contributed by atoms with Crippen molar-refractivity contribution in [3.8, 4) is 0 Å². The molecule has 0 amide bonds. The third-order valence-corrected chi connectivity index (χ3v) is 4.45. The Hall–Kier alpha value is -1.96. The molecule has 2 aliphatic heterocycles. The monoisotopic (exact) mass is 351 g/mol. The fourth-order valence-corrected chi connectivity index (χ4v) is 3.07. The maximum Gasteiger partial charge on any atom is 0.336 e. The zero-order chi connectivity index (χ0) is 18.4. The number of fused-ring (bicyclic) bond motifs is 1. The first-order valence-electron chi connectivity index (χ1n) is 8.35.